The quantitative estimate of drug-likeness (QED) is 0.335. The number of halogens is 3. The highest BCUT2D eigenvalue weighted by molar-refractivity contribution is 5.88. The maximum absolute atomic E-state index is 14.0. The molecule has 2 aromatic heterocycles. The zero-order valence-electron chi connectivity index (χ0n) is 20.4. The molecule has 0 amide bonds. The predicted molar refractivity (Wildman–Crippen MR) is 131 cm³/mol. The standard InChI is InChI=1S/C28H22F3N3O4/c1-15(12-32)24-19-7-5-16(10-17(19)13-37-23-11-18(29)6-8-20(23)24)26(35)25-21(14-36-2)33-27-22(38-28(30)31)4-3-9-34(25)27/h3-11,26,28,35H,13-14H2,1-2H3/b24-15+. The van der Waals surface area contributed by atoms with Crippen molar-refractivity contribution in [1.82, 2.24) is 9.38 Å². The van der Waals surface area contributed by atoms with Gasteiger partial charge in [0.1, 0.15) is 24.3 Å². The van der Waals surface area contributed by atoms with Crippen molar-refractivity contribution < 1.29 is 32.5 Å². The second-order valence-corrected chi connectivity index (χ2v) is 8.68. The Balaban J connectivity index is 1.63. The van der Waals surface area contributed by atoms with Crippen molar-refractivity contribution in [2.75, 3.05) is 7.11 Å². The van der Waals surface area contributed by atoms with Crippen molar-refractivity contribution in [3.8, 4) is 17.6 Å². The summed E-state index contributed by atoms with van der Waals surface area (Å²) in [4.78, 5) is 4.40. The topological polar surface area (TPSA) is 89.0 Å². The number of allylic oxidation sites excluding steroid dienone is 1. The molecule has 5 rings (SSSR count). The Bertz CT molecular complexity index is 1610. The van der Waals surface area contributed by atoms with Gasteiger partial charge < -0.3 is 19.3 Å². The van der Waals surface area contributed by atoms with Crippen molar-refractivity contribution in [2.45, 2.75) is 32.9 Å². The number of ether oxygens (including phenoxy) is 3. The Morgan fingerprint density at radius 3 is 2.74 bits per heavy atom. The number of aromatic nitrogens is 2. The molecule has 3 heterocycles. The number of nitriles is 1. The summed E-state index contributed by atoms with van der Waals surface area (Å²) in [5.74, 6) is -0.294. The minimum absolute atomic E-state index is 0.0192. The first-order chi connectivity index (χ1) is 18.3. The van der Waals surface area contributed by atoms with E-state index in [1.54, 1.807) is 37.4 Å². The average Bonchev–Trinajstić information content (AvgIpc) is 3.19. The Morgan fingerprint density at radius 1 is 1.21 bits per heavy atom. The van der Waals surface area contributed by atoms with E-state index in [0.29, 0.717) is 50.5 Å². The zero-order chi connectivity index (χ0) is 27.0. The van der Waals surface area contributed by atoms with Gasteiger partial charge in [-0.05, 0) is 53.9 Å². The van der Waals surface area contributed by atoms with E-state index in [0.717, 1.165) is 0 Å². The fraction of sp³-hybridized carbons (Fsp3) is 0.214. The lowest BCUT2D eigenvalue weighted by Gasteiger charge is -2.17. The fourth-order valence-corrected chi connectivity index (χ4v) is 4.72. The monoisotopic (exact) mass is 521 g/mol. The molecule has 0 saturated carbocycles. The average molecular weight is 521 g/mol. The third-order valence-electron chi connectivity index (χ3n) is 6.34. The van der Waals surface area contributed by atoms with Crippen LogP contribution < -0.4 is 9.47 Å². The molecule has 0 bridgehead atoms. The first-order valence-electron chi connectivity index (χ1n) is 11.6. The SMILES string of the molecule is COCc1nc2c(OC(F)F)cccn2c1C(O)c1ccc2c(c1)COc1cc(F)ccc1/C2=C(\C)C#N. The molecule has 0 fully saturated rings. The molecule has 38 heavy (non-hydrogen) atoms. The van der Waals surface area contributed by atoms with Crippen molar-refractivity contribution in [1.29, 1.82) is 5.26 Å². The van der Waals surface area contributed by atoms with Crippen molar-refractivity contribution >= 4 is 11.2 Å². The third kappa shape index (κ3) is 4.47. The van der Waals surface area contributed by atoms with Crippen LogP contribution in [-0.2, 0) is 18.0 Å². The van der Waals surface area contributed by atoms with E-state index in [2.05, 4.69) is 15.8 Å². The van der Waals surface area contributed by atoms with Crippen LogP contribution in [0.3, 0.4) is 0 Å². The van der Waals surface area contributed by atoms with Gasteiger partial charge in [0.2, 0.25) is 0 Å². The van der Waals surface area contributed by atoms with Crippen LogP contribution in [-0.4, -0.2) is 28.2 Å². The molecule has 2 aromatic carbocycles. The van der Waals surface area contributed by atoms with Crippen LogP contribution in [0.1, 0.15) is 46.7 Å². The molecule has 0 spiro atoms. The van der Waals surface area contributed by atoms with Gasteiger partial charge in [0.05, 0.1) is 24.1 Å². The Kier molecular flexibility index (Phi) is 6.80. The number of imidazole rings is 1. The number of benzene rings is 2. The fourth-order valence-electron chi connectivity index (χ4n) is 4.72. The number of aliphatic hydroxyl groups excluding tert-OH is 1. The van der Waals surface area contributed by atoms with E-state index in [1.807, 2.05) is 0 Å². The van der Waals surface area contributed by atoms with Gasteiger partial charge in [0, 0.05) is 36.1 Å². The maximum atomic E-state index is 14.0. The molecule has 4 aromatic rings. The van der Waals surface area contributed by atoms with Crippen LogP contribution >= 0.6 is 0 Å². The van der Waals surface area contributed by atoms with Crippen LogP contribution in [0.5, 0.6) is 11.5 Å². The number of rotatable bonds is 6. The lowest BCUT2D eigenvalue weighted by atomic mass is 9.89. The largest absolute Gasteiger partial charge is 0.488 e. The number of fused-ring (bicyclic) bond motifs is 3. The highest BCUT2D eigenvalue weighted by Gasteiger charge is 2.27. The van der Waals surface area contributed by atoms with Gasteiger partial charge >= 0.3 is 6.61 Å². The lowest BCUT2D eigenvalue weighted by molar-refractivity contribution is -0.0491. The molecular formula is C28H22F3N3O4. The number of hydrogen-bond acceptors (Lipinski definition) is 6. The summed E-state index contributed by atoms with van der Waals surface area (Å²) in [7, 11) is 1.46. The van der Waals surface area contributed by atoms with Crippen molar-refractivity contribution in [3.63, 3.8) is 0 Å². The Hall–Kier alpha value is -4.33. The van der Waals surface area contributed by atoms with Crippen LogP contribution in [0.4, 0.5) is 13.2 Å². The van der Waals surface area contributed by atoms with Crippen LogP contribution in [0.15, 0.2) is 60.3 Å². The predicted octanol–water partition coefficient (Wildman–Crippen LogP) is 5.54. The summed E-state index contributed by atoms with van der Waals surface area (Å²) in [6.07, 6.45) is 0.363. The summed E-state index contributed by atoms with van der Waals surface area (Å²) >= 11 is 0. The number of alkyl halides is 2. The summed E-state index contributed by atoms with van der Waals surface area (Å²) in [6.45, 7) is -1.28. The molecule has 1 atom stereocenters. The molecule has 10 heteroatoms. The van der Waals surface area contributed by atoms with Crippen LogP contribution in [0, 0.1) is 17.1 Å². The zero-order valence-corrected chi connectivity index (χ0v) is 20.4. The molecule has 194 valence electrons. The minimum Gasteiger partial charge on any atom is -0.488 e. The smallest absolute Gasteiger partial charge is 0.387 e. The molecule has 0 aliphatic carbocycles. The summed E-state index contributed by atoms with van der Waals surface area (Å²) in [6, 6.07) is 14.4. The molecule has 1 N–H and O–H groups in total. The molecule has 0 radical (unpaired) electrons. The molecule has 1 aliphatic rings. The van der Waals surface area contributed by atoms with Gasteiger partial charge in [-0.3, -0.25) is 4.40 Å². The third-order valence-corrected chi connectivity index (χ3v) is 6.34. The number of methoxy groups -OCH3 is 1. The van der Waals surface area contributed by atoms with E-state index in [-0.39, 0.29) is 24.6 Å². The Morgan fingerprint density at radius 2 is 2.00 bits per heavy atom. The molecular weight excluding hydrogens is 499 g/mol. The van der Waals surface area contributed by atoms with Gasteiger partial charge in [-0.25, -0.2) is 9.37 Å². The number of aliphatic hydroxyl groups is 1. The summed E-state index contributed by atoms with van der Waals surface area (Å²) in [5.41, 5.74) is 4.27. The van der Waals surface area contributed by atoms with Crippen molar-refractivity contribution in [3.05, 3.63) is 99.8 Å². The second kappa shape index (κ2) is 10.2. The van der Waals surface area contributed by atoms with E-state index >= 15 is 0 Å². The Labute approximate surface area is 215 Å². The van der Waals surface area contributed by atoms with Crippen LogP contribution in [0.2, 0.25) is 0 Å². The maximum Gasteiger partial charge on any atom is 0.387 e. The normalized spacial score (nSPS) is 14.8. The van der Waals surface area contributed by atoms with E-state index < -0.39 is 18.5 Å². The van der Waals surface area contributed by atoms with Gasteiger partial charge in [-0.15, -0.1) is 0 Å². The second-order valence-electron chi connectivity index (χ2n) is 8.68. The summed E-state index contributed by atoms with van der Waals surface area (Å²) < 4.78 is 57.1. The van der Waals surface area contributed by atoms with Gasteiger partial charge in [0.15, 0.2) is 11.4 Å². The van der Waals surface area contributed by atoms with E-state index in [1.165, 1.54) is 35.8 Å². The number of pyridine rings is 1. The van der Waals surface area contributed by atoms with Gasteiger partial charge in [0.25, 0.3) is 0 Å². The number of nitrogens with zero attached hydrogens (tertiary/aromatic N) is 3. The summed E-state index contributed by atoms with van der Waals surface area (Å²) in [5, 5.41) is 21.2. The highest BCUT2D eigenvalue weighted by atomic mass is 19.3. The molecule has 0 saturated heterocycles. The molecule has 1 unspecified atom stereocenters. The van der Waals surface area contributed by atoms with E-state index in [4.69, 9.17) is 9.47 Å². The molecule has 1 aliphatic heterocycles. The van der Waals surface area contributed by atoms with E-state index in [9.17, 15) is 23.5 Å². The molecule has 7 nitrogen and oxygen atoms in total. The van der Waals surface area contributed by atoms with Gasteiger partial charge in [-0.1, -0.05) is 12.1 Å². The van der Waals surface area contributed by atoms with Gasteiger partial charge in [-0.2, -0.15) is 14.0 Å². The van der Waals surface area contributed by atoms with Crippen LogP contribution in [0.25, 0.3) is 11.2 Å². The van der Waals surface area contributed by atoms with Crippen molar-refractivity contribution in [2.24, 2.45) is 0 Å². The first kappa shape index (κ1) is 25.3. The highest BCUT2D eigenvalue weighted by Crippen LogP contribution is 2.40. The number of hydrogen-bond donors (Lipinski definition) is 1. The first-order valence-corrected chi connectivity index (χ1v) is 11.6. The minimum atomic E-state index is -3.04. The lowest BCUT2D eigenvalue weighted by Crippen LogP contribution is -2.09.